The molecule has 0 aliphatic carbocycles. The maximum atomic E-state index is 12.8. The molecule has 0 unspecified atom stereocenters. The Morgan fingerprint density at radius 2 is 1.46 bits per heavy atom. The van der Waals surface area contributed by atoms with Crippen molar-refractivity contribution in [1.29, 1.82) is 0 Å². The van der Waals surface area contributed by atoms with Crippen LogP contribution in [0.2, 0.25) is 0 Å². The van der Waals surface area contributed by atoms with E-state index in [4.69, 9.17) is 4.42 Å². The summed E-state index contributed by atoms with van der Waals surface area (Å²) in [6.07, 6.45) is 0. The zero-order chi connectivity index (χ0) is 20.9. The van der Waals surface area contributed by atoms with Gasteiger partial charge in [0.15, 0.2) is 5.75 Å². The molecule has 0 radical (unpaired) electrons. The average molecular weight is 412 g/mol. The van der Waals surface area contributed by atoms with Crippen molar-refractivity contribution in [3.63, 3.8) is 0 Å². The Morgan fingerprint density at radius 1 is 0.893 bits per heavy atom. The topological polar surface area (TPSA) is 73.6 Å². The van der Waals surface area contributed by atoms with Crippen LogP contribution in [-0.4, -0.2) is 13.9 Å². The molecule has 3 aromatic rings. The van der Waals surface area contributed by atoms with Crippen LogP contribution in [0.3, 0.4) is 0 Å². The number of hydrogen-bond donors (Lipinski definition) is 0. The number of rotatable bonds is 3. The van der Waals surface area contributed by atoms with Crippen molar-refractivity contribution < 1.29 is 30.2 Å². The van der Waals surface area contributed by atoms with Crippen molar-refractivity contribution in [3.05, 3.63) is 63.5 Å². The molecule has 28 heavy (non-hydrogen) atoms. The minimum Gasteiger partial charge on any atom is -0.423 e. The van der Waals surface area contributed by atoms with Gasteiger partial charge in [0.25, 0.3) is 0 Å². The zero-order valence-corrected chi connectivity index (χ0v) is 15.9. The lowest BCUT2D eigenvalue weighted by molar-refractivity contribution is -0.0499. The summed E-state index contributed by atoms with van der Waals surface area (Å²) in [5, 5.41) is -0.0273. The maximum Gasteiger partial charge on any atom is 0.534 e. The van der Waals surface area contributed by atoms with Crippen molar-refractivity contribution in [3.8, 4) is 16.9 Å². The average Bonchev–Trinajstić information content (AvgIpc) is 2.51. The first-order valence-electron chi connectivity index (χ1n) is 8.05. The molecule has 148 valence electrons. The fourth-order valence-corrected chi connectivity index (χ4v) is 3.45. The summed E-state index contributed by atoms with van der Waals surface area (Å²) in [4.78, 5) is 11.7. The molecule has 0 fully saturated rings. The van der Waals surface area contributed by atoms with Gasteiger partial charge in [0.05, 0.1) is 5.39 Å². The Labute approximate surface area is 158 Å². The van der Waals surface area contributed by atoms with Crippen molar-refractivity contribution in [1.82, 2.24) is 0 Å². The third kappa shape index (κ3) is 3.75. The predicted molar refractivity (Wildman–Crippen MR) is 97.7 cm³/mol. The summed E-state index contributed by atoms with van der Waals surface area (Å²) >= 11 is 0. The van der Waals surface area contributed by atoms with Crippen molar-refractivity contribution >= 4 is 21.1 Å². The Hall–Kier alpha value is -2.81. The molecule has 3 rings (SSSR count). The van der Waals surface area contributed by atoms with E-state index in [1.165, 1.54) is 19.1 Å². The molecule has 0 N–H and O–H groups in total. The van der Waals surface area contributed by atoms with Gasteiger partial charge in [-0.1, -0.05) is 29.3 Å². The number of aryl methyl sites for hydroxylation is 3. The summed E-state index contributed by atoms with van der Waals surface area (Å²) in [6.45, 7) is 5.13. The van der Waals surface area contributed by atoms with Gasteiger partial charge in [0, 0.05) is 6.07 Å². The Bertz CT molecular complexity index is 1220. The summed E-state index contributed by atoms with van der Waals surface area (Å²) in [7, 11) is -5.90. The van der Waals surface area contributed by atoms with Crippen LogP contribution >= 0.6 is 0 Å². The molecule has 0 spiro atoms. The zero-order valence-electron chi connectivity index (χ0n) is 15.0. The maximum absolute atomic E-state index is 12.8. The fourth-order valence-electron chi connectivity index (χ4n) is 2.99. The van der Waals surface area contributed by atoms with E-state index in [0.717, 1.165) is 17.2 Å². The molecule has 5 nitrogen and oxygen atoms in total. The van der Waals surface area contributed by atoms with Crippen LogP contribution in [0, 0.1) is 20.8 Å². The van der Waals surface area contributed by atoms with E-state index < -0.39 is 27.0 Å². The molecular weight excluding hydrogens is 397 g/mol. The first-order chi connectivity index (χ1) is 12.9. The van der Waals surface area contributed by atoms with Crippen molar-refractivity contribution in [2.45, 2.75) is 26.3 Å². The second kappa shape index (κ2) is 6.66. The molecule has 0 aliphatic rings. The number of fused-ring (bicyclic) bond motifs is 1. The molecule has 1 aromatic heterocycles. The lowest BCUT2D eigenvalue weighted by atomic mass is 9.98. The van der Waals surface area contributed by atoms with Crippen LogP contribution in [0.25, 0.3) is 22.1 Å². The second-order valence-electron chi connectivity index (χ2n) is 6.46. The van der Waals surface area contributed by atoms with Crippen LogP contribution in [0.1, 0.15) is 16.7 Å². The normalized spacial score (nSPS) is 12.4. The number of benzene rings is 2. The summed E-state index contributed by atoms with van der Waals surface area (Å²) in [5.41, 5.74) is -3.42. The van der Waals surface area contributed by atoms with Gasteiger partial charge in [-0.05, 0) is 49.6 Å². The Morgan fingerprint density at radius 3 is 2.04 bits per heavy atom. The van der Waals surface area contributed by atoms with E-state index in [1.807, 2.05) is 19.9 Å². The first-order valence-corrected chi connectivity index (χ1v) is 9.46. The van der Waals surface area contributed by atoms with E-state index in [-0.39, 0.29) is 16.5 Å². The third-order valence-electron chi connectivity index (χ3n) is 4.04. The van der Waals surface area contributed by atoms with Gasteiger partial charge in [-0.15, -0.1) is 0 Å². The van der Waals surface area contributed by atoms with E-state index >= 15 is 0 Å². The van der Waals surface area contributed by atoms with Crippen molar-refractivity contribution in [2.24, 2.45) is 0 Å². The molecule has 0 saturated heterocycles. The largest absolute Gasteiger partial charge is 0.534 e. The minimum atomic E-state index is -5.90. The van der Waals surface area contributed by atoms with Crippen LogP contribution in [0.5, 0.6) is 5.75 Å². The fraction of sp³-hybridized carbons (Fsp3) is 0.211. The van der Waals surface area contributed by atoms with Gasteiger partial charge in [-0.3, -0.25) is 0 Å². The second-order valence-corrected chi connectivity index (χ2v) is 7.99. The number of halogens is 3. The monoisotopic (exact) mass is 412 g/mol. The quantitative estimate of drug-likeness (QED) is 0.357. The summed E-state index contributed by atoms with van der Waals surface area (Å²) in [6, 6.07) is 9.14. The lowest BCUT2D eigenvalue weighted by Gasteiger charge is -2.14. The van der Waals surface area contributed by atoms with Gasteiger partial charge >= 0.3 is 21.3 Å². The highest BCUT2D eigenvalue weighted by atomic mass is 32.2. The SMILES string of the molecule is Cc1cc(C)cc(-c2cc(OS(=O)(=O)C(F)(F)F)c3c(C)cc(=O)oc3c2)c1. The lowest BCUT2D eigenvalue weighted by Crippen LogP contribution is -2.28. The van der Waals surface area contributed by atoms with Gasteiger partial charge in [-0.25, -0.2) is 4.79 Å². The molecular formula is C19H15F3O5S. The smallest absolute Gasteiger partial charge is 0.423 e. The van der Waals surface area contributed by atoms with Crippen LogP contribution in [-0.2, 0) is 10.1 Å². The highest BCUT2D eigenvalue weighted by Gasteiger charge is 2.48. The highest BCUT2D eigenvalue weighted by molar-refractivity contribution is 7.88. The minimum absolute atomic E-state index is 0.0273. The van der Waals surface area contributed by atoms with E-state index in [1.54, 1.807) is 12.1 Å². The Kier molecular flexibility index (Phi) is 4.74. The number of hydrogen-bond acceptors (Lipinski definition) is 5. The van der Waals surface area contributed by atoms with E-state index in [0.29, 0.717) is 11.1 Å². The van der Waals surface area contributed by atoms with E-state index in [2.05, 4.69) is 4.18 Å². The highest BCUT2D eigenvalue weighted by Crippen LogP contribution is 2.37. The molecule has 9 heteroatoms. The first kappa shape index (κ1) is 19.9. The molecule has 0 bridgehead atoms. The van der Waals surface area contributed by atoms with Gasteiger partial charge in [0.2, 0.25) is 0 Å². The predicted octanol–water partition coefficient (Wildman–Crippen LogP) is 4.61. The standard InChI is InChI=1S/C19H15F3O5S/c1-10-4-11(2)6-13(5-10)14-8-15-18(12(3)7-17(23)26-15)16(9-14)27-28(24,25)19(20,21)22/h4-9H,1-3H3. The number of alkyl halides is 3. The van der Waals surface area contributed by atoms with Gasteiger partial charge in [-0.2, -0.15) is 21.6 Å². The van der Waals surface area contributed by atoms with E-state index in [9.17, 15) is 26.4 Å². The molecule has 0 atom stereocenters. The molecule has 2 aromatic carbocycles. The van der Waals surface area contributed by atoms with Gasteiger partial charge < -0.3 is 8.60 Å². The Balaban J connectivity index is 2.33. The molecule has 1 heterocycles. The molecule has 0 saturated carbocycles. The van der Waals surface area contributed by atoms with Crippen LogP contribution in [0.15, 0.2) is 45.6 Å². The summed E-state index contributed by atoms with van der Waals surface area (Å²) in [5.74, 6) is -0.565. The summed E-state index contributed by atoms with van der Waals surface area (Å²) < 4.78 is 71.1. The van der Waals surface area contributed by atoms with Crippen LogP contribution < -0.4 is 9.81 Å². The third-order valence-corrected chi connectivity index (χ3v) is 5.01. The van der Waals surface area contributed by atoms with Crippen molar-refractivity contribution in [2.75, 3.05) is 0 Å². The van der Waals surface area contributed by atoms with Crippen LogP contribution in [0.4, 0.5) is 13.2 Å². The molecule has 0 amide bonds. The van der Waals surface area contributed by atoms with Gasteiger partial charge in [0.1, 0.15) is 5.58 Å². The molecule has 0 aliphatic heterocycles.